The van der Waals surface area contributed by atoms with E-state index in [0.29, 0.717) is 16.5 Å². The minimum atomic E-state index is -0.699. The Morgan fingerprint density at radius 2 is 1.69 bits per heavy atom. The molecule has 0 aliphatic carbocycles. The lowest BCUT2D eigenvalue weighted by Gasteiger charge is -2.20. The molecule has 1 aromatic heterocycles. The van der Waals surface area contributed by atoms with Crippen molar-refractivity contribution in [1.82, 2.24) is 9.97 Å². The van der Waals surface area contributed by atoms with Crippen molar-refractivity contribution in [2.45, 2.75) is 36.4 Å². The number of aromatic nitrogens is 2. The zero-order valence-corrected chi connectivity index (χ0v) is 18.5. The minimum Gasteiger partial charge on any atom is -0.368 e. The van der Waals surface area contributed by atoms with Gasteiger partial charge in [-0.2, -0.15) is 5.10 Å². The van der Waals surface area contributed by atoms with E-state index >= 15 is 0 Å². The van der Waals surface area contributed by atoms with E-state index in [4.69, 9.17) is 5.73 Å². The van der Waals surface area contributed by atoms with Gasteiger partial charge in [-0.05, 0) is 68.1 Å². The molecule has 4 rings (SSSR count). The number of para-hydroxylation sites is 1. The van der Waals surface area contributed by atoms with Gasteiger partial charge in [-0.3, -0.25) is 14.6 Å². The number of nitrogens with zero attached hydrogens (tertiary/aromatic N) is 4. The Labute approximate surface area is 189 Å². The molecule has 3 aromatic rings. The maximum Gasteiger partial charge on any atom is 0.271 e. The number of hydrogen-bond acceptors (Lipinski definition) is 7. The number of primary amides is 1. The summed E-state index contributed by atoms with van der Waals surface area (Å²) in [6, 6.07) is 17.8. The first-order valence-corrected chi connectivity index (χ1v) is 10.8. The fourth-order valence-corrected chi connectivity index (χ4v) is 4.20. The Bertz CT molecular complexity index is 1160. The van der Waals surface area contributed by atoms with Crippen LogP contribution in [0.3, 0.4) is 0 Å². The molecule has 0 bridgehead atoms. The Kier molecular flexibility index (Phi) is 6.18. The molecule has 0 saturated heterocycles. The summed E-state index contributed by atoms with van der Waals surface area (Å²) < 4.78 is 0. The first-order valence-electron chi connectivity index (χ1n) is 10.0. The molecular formula is C23H22N6O2S. The summed E-state index contributed by atoms with van der Waals surface area (Å²) in [4.78, 5) is 34.5. The zero-order chi connectivity index (χ0) is 22.7. The van der Waals surface area contributed by atoms with E-state index in [2.05, 4.69) is 20.4 Å². The van der Waals surface area contributed by atoms with Gasteiger partial charge in [0.2, 0.25) is 5.91 Å². The molecule has 0 fully saturated rings. The molecule has 1 unspecified atom stereocenters. The molecule has 3 N–H and O–H groups in total. The van der Waals surface area contributed by atoms with E-state index < -0.39 is 11.9 Å². The van der Waals surface area contributed by atoms with Crippen LogP contribution in [0.1, 0.15) is 17.8 Å². The molecule has 2 heterocycles. The molecule has 2 amide bonds. The number of amides is 2. The number of anilines is 2. The van der Waals surface area contributed by atoms with Crippen LogP contribution in [0.5, 0.6) is 0 Å². The van der Waals surface area contributed by atoms with Crippen molar-refractivity contribution >= 4 is 40.7 Å². The van der Waals surface area contributed by atoms with Gasteiger partial charge in [0.1, 0.15) is 11.8 Å². The van der Waals surface area contributed by atoms with Crippen LogP contribution >= 0.6 is 11.8 Å². The second kappa shape index (κ2) is 9.19. The predicted octanol–water partition coefficient (Wildman–Crippen LogP) is 3.30. The van der Waals surface area contributed by atoms with Crippen molar-refractivity contribution in [1.29, 1.82) is 0 Å². The summed E-state index contributed by atoms with van der Waals surface area (Å²) in [6.07, 6.45) is 0.147. The summed E-state index contributed by atoms with van der Waals surface area (Å²) in [7, 11) is 0. The van der Waals surface area contributed by atoms with Crippen LogP contribution in [0.25, 0.3) is 0 Å². The number of carbonyl (C=O) groups excluding carboxylic acids is 2. The van der Waals surface area contributed by atoms with Gasteiger partial charge in [0.15, 0.2) is 5.16 Å². The second-order valence-electron chi connectivity index (χ2n) is 7.36. The molecule has 162 valence electrons. The van der Waals surface area contributed by atoms with E-state index in [9.17, 15) is 9.59 Å². The summed E-state index contributed by atoms with van der Waals surface area (Å²) in [5, 5.41) is 9.38. The van der Waals surface area contributed by atoms with Gasteiger partial charge >= 0.3 is 0 Å². The number of hydrazone groups is 1. The van der Waals surface area contributed by atoms with Gasteiger partial charge in [-0.1, -0.05) is 18.2 Å². The molecule has 32 heavy (non-hydrogen) atoms. The molecule has 0 saturated carbocycles. The highest BCUT2D eigenvalue weighted by atomic mass is 32.2. The number of nitrogens with two attached hydrogens (primary N) is 1. The van der Waals surface area contributed by atoms with Crippen LogP contribution in [0.4, 0.5) is 11.4 Å². The summed E-state index contributed by atoms with van der Waals surface area (Å²) >= 11 is 1.45. The number of aryl methyl sites for hydroxylation is 2. The average molecular weight is 447 g/mol. The van der Waals surface area contributed by atoms with Gasteiger partial charge in [-0.25, -0.2) is 9.97 Å². The van der Waals surface area contributed by atoms with Crippen LogP contribution in [0, 0.1) is 13.8 Å². The van der Waals surface area contributed by atoms with Crippen molar-refractivity contribution in [3.63, 3.8) is 0 Å². The Morgan fingerprint density at radius 1 is 1.03 bits per heavy atom. The van der Waals surface area contributed by atoms with Gasteiger partial charge in [0.25, 0.3) is 5.91 Å². The van der Waals surface area contributed by atoms with Crippen LogP contribution in [0.15, 0.2) is 75.8 Å². The van der Waals surface area contributed by atoms with Crippen molar-refractivity contribution in [2.24, 2.45) is 10.8 Å². The summed E-state index contributed by atoms with van der Waals surface area (Å²) in [6.45, 7) is 3.87. The van der Waals surface area contributed by atoms with Crippen LogP contribution < -0.4 is 16.1 Å². The third-order valence-corrected chi connectivity index (χ3v) is 5.68. The third kappa shape index (κ3) is 4.94. The van der Waals surface area contributed by atoms with Gasteiger partial charge < -0.3 is 11.1 Å². The highest BCUT2D eigenvalue weighted by molar-refractivity contribution is 7.99. The number of rotatable bonds is 6. The number of carbonyl (C=O) groups is 2. The lowest BCUT2D eigenvalue weighted by atomic mass is 10.1. The molecule has 0 radical (unpaired) electrons. The molecule has 2 aromatic carbocycles. The molecule has 1 aliphatic rings. The van der Waals surface area contributed by atoms with Gasteiger partial charge in [0.05, 0.1) is 5.69 Å². The van der Waals surface area contributed by atoms with E-state index in [-0.39, 0.29) is 18.0 Å². The smallest absolute Gasteiger partial charge is 0.271 e. The third-order valence-electron chi connectivity index (χ3n) is 4.80. The SMILES string of the molecule is Cc1cc(C)nc(Sc2ccc(NC(=O)C3=NN(c4ccccc4)C(C(N)=O)C3)cc2)n1. The first kappa shape index (κ1) is 21.5. The van der Waals surface area contributed by atoms with Crippen molar-refractivity contribution in [3.8, 4) is 0 Å². The monoisotopic (exact) mass is 446 g/mol. The Hall–Kier alpha value is -3.72. The largest absolute Gasteiger partial charge is 0.368 e. The minimum absolute atomic E-state index is 0.147. The molecular weight excluding hydrogens is 424 g/mol. The molecule has 8 nitrogen and oxygen atoms in total. The summed E-state index contributed by atoms with van der Waals surface area (Å²) in [5.74, 6) is -0.900. The van der Waals surface area contributed by atoms with Gasteiger partial charge in [0, 0.05) is 28.4 Å². The standard InChI is InChI=1S/C23H22N6O2S/c1-14-12-15(2)26-23(25-14)32-18-10-8-16(9-11-18)27-22(31)19-13-20(21(24)30)29(28-19)17-6-4-3-5-7-17/h3-12,20H,13H2,1-2H3,(H2,24,30)(H,27,31). The molecule has 1 atom stereocenters. The number of nitrogens with one attached hydrogen (secondary N) is 1. The van der Waals surface area contributed by atoms with E-state index in [1.807, 2.05) is 62.4 Å². The normalized spacial score (nSPS) is 15.4. The Morgan fingerprint density at radius 3 is 2.31 bits per heavy atom. The fraction of sp³-hybridized carbons (Fsp3) is 0.174. The molecule has 0 spiro atoms. The number of hydrogen-bond donors (Lipinski definition) is 2. The van der Waals surface area contributed by atoms with Crippen molar-refractivity contribution in [2.75, 3.05) is 10.3 Å². The second-order valence-corrected chi connectivity index (χ2v) is 8.40. The highest BCUT2D eigenvalue weighted by Gasteiger charge is 2.34. The summed E-state index contributed by atoms with van der Waals surface area (Å²) in [5.41, 5.74) is 8.95. The lowest BCUT2D eigenvalue weighted by molar-refractivity contribution is -0.119. The molecule has 1 aliphatic heterocycles. The van der Waals surface area contributed by atoms with Crippen molar-refractivity contribution in [3.05, 3.63) is 72.1 Å². The van der Waals surface area contributed by atoms with Crippen LogP contribution in [0.2, 0.25) is 0 Å². The van der Waals surface area contributed by atoms with E-state index in [1.165, 1.54) is 16.8 Å². The van der Waals surface area contributed by atoms with E-state index in [1.54, 1.807) is 12.1 Å². The molecule has 9 heteroatoms. The predicted molar refractivity (Wildman–Crippen MR) is 125 cm³/mol. The quantitative estimate of drug-likeness (QED) is 0.562. The van der Waals surface area contributed by atoms with E-state index in [0.717, 1.165) is 16.3 Å². The fourth-order valence-electron chi connectivity index (χ4n) is 3.34. The van der Waals surface area contributed by atoms with Crippen molar-refractivity contribution < 1.29 is 9.59 Å². The maximum atomic E-state index is 12.8. The zero-order valence-electron chi connectivity index (χ0n) is 17.6. The lowest BCUT2D eigenvalue weighted by Crippen LogP contribution is -2.39. The maximum absolute atomic E-state index is 12.8. The highest BCUT2D eigenvalue weighted by Crippen LogP contribution is 2.27. The first-order chi connectivity index (χ1) is 15.4. The van der Waals surface area contributed by atoms with Crippen LogP contribution in [-0.4, -0.2) is 33.5 Å². The average Bonchev–Trinajstić information content (AvgIpc) is 3.21. The number of benzene rings is 2. The van der Waals surface area contributed by atoms with Crippen LogP contribution in [-0.2, 0) is 9.59 Å². The topological polar surface area (TPSA) is 114 Å². The van der Waals surface area contributed by atoms with Gasteiger partial charge in [-0.15, -0.1) is 0 Å². The Balaban J connectivity index is 1.45.